The molecule has 2 aromatic rings. The molecule has 2 saturated carbocycles. The number of aromatic hydroxyl groups is 1. The number of methoxy groups -OCH3 is 1. The molecule has 10 nitrogen and oxygen atoms in total. The van der Waals surface area contributed by atoms with Crippen LogP contribution in [0.15, 0.2) is 30.3 Å². The number of likely N-dealkylation sites (N-methyl/N-ethyl adjacent to an activating group) is 1. The van der Waals surface area contributed by atoms with Gasteiger partial charge in [0.2, 0.25) is 5.91 Å². The molecular formula is C33H38N2O8. The van der Waals surface area contributed by atoms with Gasteiger partial charge < -0.3 is 20.7 Å². The third kappa shape index (κ3) is 4.67. The Kier molecular flexibility index (Phi) is 8.04. The minimum atomic E-state index is -2.75. The highest BCUT2D eigenvalue weighted by molar-refractivity contribution is 6.32. The Morgan fingerprint density at radius 3 is 2.42 bits per heavy atom. The maximum Gasteiger partial charge on any atom is 0.235 e. The number of benzene rings is 2. The van der Waals surface area contributed by atoms with Crippen LogP contribution < -0.4 is 10.5 Å². The van der Waals surface area contributed by atoms with Gasteiger partial charge in [-0.1, -0.05) is 31.9 Å². The maximum atomic E-state index is 14.1. The Labute approximate surface area is 250 Å². The zero-order chi connectivity index (χ0) is 31.4. The van der Waals surface area contributed by atoms with Gasteiger partial charge in [0.05, 0.1) is 24.6 Å². The maximum absolute atomic E-state index is 14.1. The number of fused-ring (bicyclic) bond motifs is 3. The van der Waals surface area contributed by atoms with Crippen molar-refractivity contribution in [3.8, 4) is 22.6 Å². The van der Waals surface area contributed by atoms with Gasteiger partial charge in [0.1, 0.15) is 11.5 Å². The molecule has 2 unspecified atom stereocenters. The van der Waals surface area contributed by atoms with Crippen molar-refractivity contribution in [1.29, 1.82) is 0 Å². The number of amides is 1. The summed E-state index contributed by atoms with van der Waals surface area (Å²) in [7, 11) is 4.68. The fourth-order valence-corrected chi connectivity index (χ4v) is 7.56. The van der Waals surface area contributed by atoms with Crippen molar-refractivity contribution in [3.63, 3.8) is 0 Å². The van der Waals surface area contributed by atoms with E-state index in [1.807, 2.05) is 18.2 Å². The van der Waals surface area contributed by atoms with Gasteiger partial charge in [-0.05, 0) is 80.6 Å². The average molecular weight is 591 g/mol. The number of ether oxygens (including phenoxy) is 1. The van der Waals surface area contributed by atoms with Crippen LogP contribution in [0.5, 0.6) is 11.5 Å². The normalized spacial score (nSPS) is 28.4. The second kappa shape index (κ2) is 11.3. The first-order chi connectivity index (χ1) is 20.4. The number of unbranched alkanes of at least 4 members (excludes halogenated alkanes) is 2. The molecule has 0 heterocycles. The summed E-state index contributed by atoms with van der Waals surface area (Å²) in [5.41, 5.74) is 5.66. The molecule has 1 amide bonds. The van der Waals surface area contributed by atoms with Gasteiger partial charge in [0.25, 0.3) is 0 Å². The highest BCUT2D eigenvalue weighted by Gasteiger charge is 2.69. The summed E-state index contributed by atoms with van der Waals surface area (Å²) in [6.07, 6.45) is 4.23. The minimum Gasteiger partial charge on any atom is -0.507 e. The van der Waals surface area contributed by atoms with Crippen molar-refractivity contribution in [2.75, 3.05) is 21.2 Å². The second-order valence-electron chi connectivity index (χ2n) is 12.3. The lowest BCUT2D eigenvalue weighted by molar-refractivity contribution is -0.181. The Balaban J connectivity index is 1.63. The number of phenolic OH excluding ortho intramolecular Hbond substituents is 1. The fraction of sp³-hybridized carbons (Fsp3) is 0.485. The first-order valence-electron chi connectivity index (χ1n) is 14.7. The first kappa shape index (κ1) is 30.6. The van der Waals surface area contributed by atoms with E-state index in [0.29, 0.717) is 16.9 Å². The number of carbonyl (C=O) groups is 5. The van der Waals surface area contributed by atoms with Gasteiger partial charge in [-0.3, -0.25) is 28.9 Å². The number of hydrogen-bond acceptors (Lipinski definition) is 9. The van der Waals surface area contributed by atoms with Gasteiger partial charge in [-0.25, -0.2) is 0 Å². The van der Waals surface area contributed by atoms with Crippen LogP contribution in [0.2, 0.25) is 0 Å². The number of hydrogen-bond donors (Lipinski definition) is 3. The predicted molar refractivity (Wildman–Crippen MR) is 157 cm³/mol. The van der Waals surface area contributed by atoms with Crippen molar-refractivity contribution < 1.29 is 38.9 Å². The fourth-order valence-electron chi connectivity index (χ4n) is 7.56. The van der Waals surface area contributed by atoms with Crippen molar-refractivity contribution in [1.82, 2.24) is 4.90 Å². The van der Waals surface area contributed by atoms with E-state index >= 15 is 0 Å². The summed E-state index contributed by atoms with van der Waals surface area (Å²) in [5, 5.41) is 22.7. The number of aryl methyl sites for hydroxylation is 1. The SMILES string of the molecule is CCCCCc1ccc(OC)c(-c2ccc(O)c3c2C[C@@H]2C[C@@H]4[C@@H](N(C)C)C(=O)C(C(N)=O)C(=O)[C@]4(O)C(=O)C2C3=O)c1. The molecule has 10 heteroatoms. The number of aliphatic hydroxyl groups is 1. The first-order valence-corrected chi connectivity index (χ1v) is 14.7. The largest absolute Gasteiger partial charge is 0.507 e. The quantitative estimate of drug-likeness (QED) is 0.309. The molecule has 0 spiro atoms. The Bertz CT molecular complexity index is 1530. The van der Waals surface area contributed by atoms with E-state index in [1.54, 1.807) is 27.3 Å². The molecule has 4 N–H and O–H groups in total. The summed E-state index contributed by atoms with van der Waals surface area (Å²) in [4.78, 5) is 68.6. The van der Waals surface area contributed by atoms with Crippen LogP contribution in [0.1, 0.15) is 54.1 Å². The molecule has 6 atom stereocenters. The lowest BCUT2D eigenvalue weighted by atomic mass is 9.52. The zero-order valence-corrected chi connectivity index (χ0v) is 24.9. The molecule has 2 aromatic carbocycles. The van der Waals surface area contributed by atoms with Gasteiger partial charge in [0, 0.05) is 11.5 Å². The zero-order valence-electron chi connectivity index (χ0n) is 24.9. The van der Waals surface area contributed by atoms with Gasteiger partial charge in [-0.2, -0.15) is 0 Å². The van der Waals surface area contributed by atoms with Crippen LogP contribution in [0.25, 0.3) is 11.1 Å². The summed E-state index contributed by atoms with van der Waals surface area (Å²) in [6, 6.07) is 7.88. The predicted octanol–water partition coefficient (Wildman–Crippen LogP) is 2.28. The van der Waals surface area contributed by atoms with E-state index in [4.69, 9.17) is 10.5 Å². The molecular weight excluding hydrogens is 552 g/mol. The third-order valence-corrected chi connectivity index (χ3v) is 9.57. The number of rotatable bonds is 8. The van der Waals surface area contributed by atoms with Crippen LogP contribution in [0, 0.1) is 23.7 Å². The average Bonchev–Trinajstić information content (AvgIpc) is 2.95. The number of primary amides is 1. The van der Waals surface area contributed by atoms with E-state index in [0.717, 1.165) is 36.8 Å². The summed E-state index contributed by atoms with van der Waals surface area (Å²) >= 11 is 0. The molecule has 0 aliphatic heterocycles. The molecule has 228 valence electrons. The number of nitrogens with zero attached hydrogens (tertiary/aromatic N) is 1. The van der Waals surface area contributed by atoms with Crippen LogP contribution >= 0.6 is 0 Å². The monoisotopic (exact) mass is 590 g/mol. The lowest BCUT2D eigenvalue weighted by Gasteiger charge is -2.52. The number of nitrogens with two attached hydrogens (primary N) is 1. The van der Waals surface area contributed by atoms with E-state index in [2.05, 4.69) is 6.92 Å². The Morgan fingerprint density at radius 2 is 1.79 bits per heavy atom. The van der Waals surface area contributed by atoms with Crippen LogP contribution in [0.3, 0.4) is 0 Å². The molecule has 0 radical (unpaired) electrons. The van der Waals surface area contributed by atoms with Crippen molar-refractivity contribution in [3.05, 3.63) is 47.0 Å². The number of Topliss-reactive ketones (excluding diaryl/α,β-unsaturated/α-hetero) is 4. The van der Waals surface area contributed by atoms with Gasteiger partial charge >= 0.3 is 0 Å². The van der Waals surface area contributed by atoms with Crippen LogP contribution in [-0.2, 0) is 32.0 Å². The smallest absolute Gasteiger partial charge is 0.235 e. The highest BCUT2D eigenvalue weighted by atomic mass is 16.5. The molecule has 0 aromatic heterocycles. The highest BCUT2D eigenvalue weighted by Crippen LogP contribution is 2.52. The molecule has 3 aliphatic rings. The number of ketones is 4. The van der Waals surface area contributed by atoms with E-state index in [1.165, 1.54) is 11.0 Å². The second-order valence-corrected chi connectivity index (χ2v) is 12.3. The van der Waals surface area contributed by atoms with Crippen LogP contribution in [0.4, 0.5) is 0 Å². The molecule has 3 aliphatic carbocycles. The van der Waals surface area contributed by atoms with E-state index in [9.17, 15) is 34.2 Å². The summed E-state index contributed by atoms with van der Waals surface area (Å²) in [5.74, 6) is -10.1. The van der Waals surface area contributed by atoms with Crippen molar-refractivity contribution in [2.45, 2.75) is 57.1 Å². The minimum absolute atomic E-state index is 0.00676. The molecule has 43 heavy (non-hydrogen) atoms. The van der Waals surface area contributed by atoms with Gasteiger partial charge in [-0.15, -0.1) is 0 Å². The van der Waals surface area contributed by atoms with E-state index in [-0.39, 0.29) is 24.2 Å². The topological polar surface area (TPSA) is 164 Å². The van der Waals surface area contributed by atoms with Gasteiger partial charge in [0.15, 0.2) is 34.7 Å². The van der Waals surface area contributed by atoms with E-state index < -0.39 is 64.4 Å². The molecule has 0 saturated heterocycles. The Hall–Kier alpha value is -3.89. The standard InChI is InChI=1S/C33H38N2O8/c1-5-6-7-8-16-9-12-23(43-4)19(13-16)18-10-11-22(36)25-20(18)14-17-15-21-27(35(2)3)29(38)26(32(34)41)31(40)33(21,42)30(39)24(17)28(25)37/h9-13,17,21,24,26-27,36,42H,5-8,14-15H2,1-4H3,(H2,34,41)/t17-,21-,24?,26?,27-,33-/m1/s1. The summed E-state index contributed by atoms with van der Waals surface area (Å²) in [6.45, 7) is 2.14. The molecule has 5 rings (SSSR count). The third-order valence-electron chi connectivity index (χ3n) is 9.57. The van der Waals surface area contributed by atoms with Crippen molar-refractivity contribution >= 4 is 29.0 Å². The number of carbonyl (C=O) groups excluding carboxylic acids is 5. The Morgan fingerprint density at radius 1 is 1.07 bits per heavy atom. The number of phenols is 1. The van der Waals surface area contributed by atoms with Crippen LogP contribution in [-0.4, -0.2) is 77.0 Å². The molecule has 0 bridgehead atoms. The lowest BCUT2D eigenvalue weighted by Crippen LogP contribution is -2.74. The summed E-state index contributed by atoms with van der Waals surface area (Å²) < 4.78 is 5.68. The molecule has 2 fully saturated rings. The van der Waals surface area contributed by atoms with Crippen molar-refractivity contribution in [2.24, 2.45) is 29.4 Å².